The second-order valence-electron chi connectivity index (χ2n) is 5.60. The number of thiophene rings is 1. The van der Waals surface area contributed by atoms with Crippen LogP contribution >= 0.6 is 43.2 Å². The predicted octanol–water partition coefficient (Wildman–Crippen LogP) is 5.50. The van der Waals surface area contributed by atoms with Gasteiger partial charge in [0, 0.05) is 21.0 Å². The van der Waals surface area contributed by atoms with Gasteiger partial charge in [0.15, 0.2) is 0 Å². The summed E-state index contributed by atoms with van der Waals surface area (Å²) < 4.78 is 1.38. The maximum Gasteiger partial charge on any atom is 0.256 e. The standard InChI is InChI=1S/C18H12Br2N2O2S/c19-10-6-11(15(23)13(20)7-10)16-21-17(24)14-12(8-25-18(14)22-16)9-4-2-1-3-5-9/h1-8,16,22-23H,(H,21,24)/t16-/m1/s1. The highest BCUT2D eigenvalue weighted by molar-refractivity contribution is 9.11. The minimum Gasteiger partial charge on any atom is -0.506 e. The van der Waals surface area contributed by atoms with Crippen molar-refractivity contribution < 1.29 is 9.90 Å². The molecule has 0 saturated heterocycles. The van der Waals surface area contributed by atoms with Crippen LogP contribution in [0.25, 0.3) is 11.1 Å². The third-order valence-electron chi connectivity index (χ3n) is 4.02. The van der Waals surface area contributed by atoms with Crippen LogP contribution in [0.1, 0.15) is 22.1 Å². The largest absolute Gasteiger partial charge is 0.506 e. The molecule has 0 radical (unpaired) electrons. The molecule has 1 atom stereocenters. The Hall–Kier alpha value is -1.83. The fraction of sp³-hybridized carbons (Fsp3) is 0.0556. The summed E-state index contributed by atoms with van der Waals surface area (Å²) in [6, 6.07) is 13.4. The lowest BCUT2D eigenvalue weighted by Crippen LogP contribution is -2.38. The summed E-state index contributed by atoms with van der Waals surface area (Å²) in [5.74, 6) is -0.0568. The van der Waals surface area contributed by atoms with Gasteiger partial charge in [-0.15, -0.1) is 11.3 Å². The summed E-state index contributed by atoms with van der Waals surface area (Å²) >= 11 is 8.23. The van der Waals surface area contributed by atoms with Gasteiger partial charge < -0.3 is 15.7 Å². The van der Waals surface area contributed by atoms with E-state index < -0.39 is 6.17 Å². The fourth-order valence-corrected chi connectivity index (χ4v) is 5.11. The molecule has 3 N–H and O–H groups in total. The predicted molar refractivity (Wildman–Crippen MR) is 107 cm³/mol. The highest BCUT2D eigenvalue weighted by Gasteiger charge is 2.31. The summed E-state index contributed by atoms with van der Waals surface area (Å²) in [6.45, 7) is 0. The Labute approximate surface area is 165 Å². The molecule has 126 valence electrons. The van der Waals surface area contributed by atoms with E-state index in [4.69, 9.17) is 0 Å². The average molecular weight is 480 g/mol. The van der Waals surface area contributed by atoms with Gasteiger partial charge in [-0.3, -0.25) is 4.79 Å². The minimum absolute atomic E-state index is 0.101. The first-order valence-corrected chi connectivity index (χ1v) is 9.93. The Morgan fingerprint density at radius 2 is 1.84 bits per heavy atom. The lowest BCUT2D eigenvalue weighted by molar-refractivity contribution is 0.0937. The molecule has 0 bridgehead atoms. The summed E-state index contributed by atoms with van der Waals surface area (Å²) in [4.78, 5) is 12.8. The van der Waals surface area contributed by atoms with Gasteiger partial charge in [0.05, 0.1) is 10.0 Å². The lowest BCUT2D eigenvalue weighted by atomic mass is 10.0. The number of aromatic hydroxyl groups is 1. The molecule has 1 aliphatic rings. The maximum atomic E-state index is 12.8. The third kappa shape index (κ3) is 2.96. The second kappa shape index (κ2) is 6.48. The molecule has 3 aromatic rings. The molecule has 25 heavy (non-hydrogen) atoms. The van der Waals surface area contributed by atoms with Gasteiger partial charge in [0.1, 0.15) is 16.9 Å². The Balaban J connectivity index is 1.75. The lowest BCUT2D eigenvalue weighted by Gasteiger charge is -2.27. The van der Waals surface area contributed by atoms with E-state index in [0.29, 0.717) is 15.6 Å². The highest BCUT2D eigenvalue weighted by atomic mass is 79.9. The van der Waals surface area contributed by atoms with Gasteiger partial charge in [-0.1, -0.05) is 46.3 Å². The van der Waals surface area contributed by atoms with E-state index in [-0.39, 0.29) is 11.7 Å². The van der Waals surface area contributed by atoms with Crippen LogP contribution in [0.5, 0.6) is 5.75 Å². The van der Waals surface area contributed by atoms with Gasteiger partial charge in [-0.25, -0.2) is 0 Å². The molecule has 2 heterocycles. The first-order chi connectivity index (χ1) is 12.0. The van der Waals surface area contributed by atoms with Gasteiger partial charge in [-0.05, 0) is 33.6 Å². The number of hydrogen-bond acceptors (Lipinski definition) is 4. The van der Waals surface area contributed by atoms with Crippen LogP contribution < -0.4 is 10.6 Å². The molecule has 1 aromatic heterocycles. The summed E-state index contributed by atoms with van der Waals surface area (Å²) in [6.07, 6.45) is -0.504. The van der Waals surface area contributed by atoms with E-state index in [9.17, 15) is 9.90 Å². The van der Waals surface area contributed by atoms with Crippen LogP contribution in [-0.4, -0.2) is 11.0 Å². The number of amides is 1. The van der Waals surface area contributed by atoms with E-state index >= 15 is 0 Å². The third-order valence-corrected chi connectivity index (χ3v) is 6.00. The normalized spacial score (nSPS) is 16.1. The van der Waals surface area contributed by atoms with Gasteiger partial charge in [0.25, 0.3) is 5.91 Å². The number of nitrogens with one attached hydrogen (secondary N) is 2. The zero-order chi connectivity index (χ0) is 17.6. The van der Waals surface area contributed by atoms with Crippen molar-refractivity contribution in [2.24, 2.45) is 0 Å². The molecule has 0 aliphatic carbocycles. The SMILES string of the molecule is O=C1N[C@@H](c2cc(Br)cc(Br)c2O)Nc2scc(-c3ccccc3)c21. The molecule has 4 nitrogen and oxygen atoms in total. The van der Waals surface area contributed by atoms with Crippen LogP contribution in [0.4, 0.5) is 5.00 Å². The molecular weight excluding hydrogens is 468 g/mol. The monoisotopic (exact) mass is 478 g/mol. The second-order valence-corrected chi connectivity index (χ2v) is 8.25. The number of phenolic OH excluding ortho intramolecular Hbond substituents is 1. The first-order valence-electron chi connectivity index (χ1n) is 7.47. The molecule has 0 saturated carbocycles. The van der Waals surface area contributed by atoms with Crippen molar-refractivity contribution in [2.45, 2.75) is 6.17 Å². The summed E-state index contributed by atoms with van der Waals surface area (Å²) in [7, 11) is 0. The van der Waals surface area contributed by atoms with Crippen molar-refractivity contribution in [3.63, 3.8) is 0 Å². The van der Waals surface area contributed by atoms with Gasteiger partial charge >= 0.3 is 0 Å². The van der Waals surface area contributed by atoms with E-state index in [0.717, 1.165) is 20.6 Å². The number of benzene rings is 2. The molecular formula is C18H12Br2N2O2S. The molecule has 0 spiro atoms. The van der Waals surface area contributed by atoms with E-state index in [1.165, 1.54) is 11.3 Å². The van der Waals surface area contributed by atoms with E-state index in [1.807, 2.05) is 35.7 Å². The highest BCUT2D eigenvalue weighted by Crippen LogP contribution is 2.42. The number of carbonyl (C=O) groups is 1. The molecule has 2 aromatic carbocycles. The molecule has 1 amide bonds. The summed E-state index contributed by atoms with van der Waals surface area (Å²) in [5.41, 5.74) is 3.14. The Kier molecular flexibility index (Phi) is 4.31. The number of hydrogen-bond donors (Lipinski definition) is 3. The molecule has 0 fully saturated rings. The minimum atomic E-state index is -0.504. The quantitative estimate of drug-likeness (QED) is 0.454. The number of phenols is 1. The number of rotatable bonds is 2. The number of halogens is 2. The smallest absolute Gasteiger partial charge is 0.256 e. The van der Waals surface area contributed by atoms with E-state index in [2.05, 4.69) is 42.5 Å². The Morgan fingerprint density at radius 1 is 1.08 bits per heavy atom. The van der Waals surface area contributed by atoms with Crippen molar-refractivity contribution in [3.8, 4) is 16.9 Å². The van der Waals surface area contributed by atoms with E-state index in [1.54, 1.807) is 12.1 Å². The zero-order valence-electron chi connectivity index (χ0n) is 12.7. The van der Waals surface area contributed by atoms with Crippen molar-refractivity contribution in [1.29, 1.82) is 0 Å². The summed E-state index contributed by atoms with van der Waals surface area (Å²) in [5, 5.41) is 19.4. The molecule has 0 unspecified atom stereocenters. The molecule has 7 heteroatoms. The number of fused-ring (bicyclic) bond motifs is 1. The topological polar surface area (TPSA) is 61.4 Å². The Bertz CT molecular complexity index is 973. The van der Waals surface area contributed by atoms with Crippen molar-refractivity contribution >= 4 is 54.1 Å². The maximum absolute atomic E-state index is 12.8. The number of anilines is 1. The van der Waals surface area contributed by atoms with Crippen LogP contribution in [0.15, 0.2) is 56.8 Å². The first kappa shape index (κ1) is 16.6. The van der Waals surface area contributed by atoms with Crippen molar-refractivity contribution in [2.75, 3.05) is 5.32 Å². The fourth-order valence-electron chi connectivity index (χ4n) is 2.85. The molecule has 4 rings (SSSR count). The van der Waals surface area contributed by atoms with Crippen molar-refractivity contribution in [3.05, 3.63) is 67.9 Å². The van der Waals surface area contributed by atoms with Crippen molar-refractivity contribution in [1.82, 2.24) is 5.32 Å². The van der Waals surface area contributed by atoms with Crippen LogP contribution in [0, 0.1) is 0 Å². The van der Waals surface area contributed by atoms with Crippen LogP contribution in [-0.2, 0) is 0 Å². The van der Waals surface area contributed by atoms with Crippen LogP contribution in [0.3, 0.4) is 0 Å². The van der Waals surface area contributed by atoms with Gasteiger partial charge in [-0.2, -0.15) is 0 Å². The Morgan fingerprint density at radius 3 is 2.60 bits per heavy atom. The van der Waals surface area contributed by atoms with Gasteiger partial charge in [0.2, 0.25) is 0 Å². The average Bonchev–Trinajstić information content (AvgIpc) is 3.03. The zero-order valence-corrected chi connectivity index (χ0v) is 16.7. The van der Waals surface area contributed by atoms with Crippen LogP contribution in [0.2, 0.25) is 0 Å². The molecule has 1 aliphatic heterocycles. The number of carbonyl (C=O) groups excluding carboxylic acids is 1.